The Morgan fingerprint density at radius 2 is 2.00 bits per heavy atom. The van der Waals surface area contributed by atoms with E-state index in [2.05, 4.69) is 0 Å². The number of sulfonamides is 1. The Balaban J connectivity index is 2.76. The van der Waals surface area contributed by atoms with E-state index in [4.69, 9.17) is 5.73 Å². The first-order chi connectivity index (χ1) is 9.52. The molecule has 0 radical (unpaired) electrons. The van der Waals surface area contributed by atoms with E-state index in [1.807, 2.05) is 6.92 Å². The van der Waals surface area contributed by atoms with Crippen molar-refractivity contribution in [3.05, 3.63) is 0 Å². The standard InChI is InChI=1S/C13H25F3N2O2S/c1-11-5-3-6-12(9-11,10-17)18(2)21(19,20)8-4-7-13(14,15)16/h11H,3-10,17H2,1-2H3. The summed E-state index contributed by atoms with van der Waals surface area (Å²) in [5.74, 6) is -0.116. The Morgan fingerprint density at radius 3 is 2.48 bits per heavy atom. The fourth-order valence-corrected chi connectivity index (χ4v) is 4.73. The van der Waals surface area contributed by atoms with Crippen LogP contribution in [0.3, 0.4) is 0 Å². The molecule has 4 nitrogen and oxygen atoms in total. The van der Waals surface area contributed by atoms with Crippen molar-refractivity contribution in [3.63, 3.8) is 0 Å². The van der Waals surface area contributed by atoms with E-state index in [1.54, 1.807) is 0 Å². The molecule has 0 aliphatic heterocycles. The summed E-state index contributed by atoms with van der Waals surface area (Å²) in [4.78, 5) is 0. The summed E-state index contributed by atoms with van der Waals surface area (Å²) in [6.45, 7) is 2.25. The normalized spacial score (nSPS) is 28.0. The summed E-state index contributed by atoms with van der Waals surface area (Å²) in [5, 5.41) is 0. The van der Waals surface area contributed by atoms with Crippen LogP contribution in [-0.4, -0.2) is 43.8 Å². The van der Waals surface area contributed by atoms with Crippen LogP contribution in [0.15, 0.2) is 0 Å². The van der Waals surface area contributed by atoms with Crippen molar-refractivity contribution in [3.8, 4) is 0 Å². The molecule has 1 fully saturated rings. The van der Waals surface area contributed by atoms with Gasteiger partial charge >= 0.3 is 6.18 Å². The number of hydrogen-bond acceptors (Lipinski definition) is 3. The third-order valence-corrected chi connectivity index (χ3v) is 6.42. The molecular formula is C13H25F3N2O2S. The van der Waals surface area contributed by atoms with Crippen LogP contribution in [0, 0.1) is 5.92 Å². The summed E-state index contributed by atoms with van der Waals surface area (Å²) in [6, 6.07) is 0. The van der Waals surface area contributed by atoms with Crippen LogP contribution >= 0.6 is 0 Å². The summed E-state index contributed by atoms with van der Waals surface area (Å²) in [5.41, 5.74) is 5.17. The van der Waals surface area contributed by atoms with E-state index >= 15 is 0 Å². The van der Waals surface area contributed by atoms with E-state index in [1.165, 1.54) is 11.4 Å². The van der Waals surface area contributed by atoms with Crippen molar-refractivity contribution in [2.24, 2.45) is 11.7 Å². The zero-order valence-electron chi connectivity index (χ0n) is 12.6. The van der Waals surface area contributed by atoms with Gasteiger partial charge in [-0.3, -0.25) is 0 Å². The Labute approximate surface area is 124 Å². The molecule has 1 aliphatic carbocycles. The van der Waals surface area contributed by atoms with Crippen LogP contribution in [0.4, 0.5) is 13.2 Å². The highest BCUT2D eigenvalue weighted by Crippen LogP contribution is 2.37. The second kappa shape index (κ2) is 6.83. The Morgan fingerprint density at radius 1 is 1.38 bits per heavy atom. The lowest BCUT2D eigenvalue weighted by Crippen LogP contribution is -2.57. The van der Waals surface area contributed by atoms with Crippen LogP contribution in [0.2, 0.25) is 0 Å². The smallest absolute Gasteiger partial charge is 0.329 e. The molecule has 0 heterocycles. The molecule has 21 heavy (non-hydrogen) atoms. The first kappa shape index (κ1) is 18.7. The SMILES string of the molecule is CC1CCCC(CN)(N(C)S(=O)(=O)CCCC(F)(F)F)C1. The van der Waals surface area contributed by atoms with Gasteiger partial charge in [0.25, 0.3) is 0 Å². The van der Waals surface area contributed by atoms with Crippen molar-refractivity contribution in [1.82, 2.24) is 4.31 Å². The van der Waals surface area contributed by atoms with Gasteiger partial charge in [0.05, 0.1) is 5.75 Å². The molecular weight excluding hydrogens is 305 g/mol. The number of halogens is 3. The topological polar surface area (TPSA) is 63.4 Å². The molecule has 126 valence electrons. The van der Waals surface area contributed by atoms with Gasteiger partial charge in [-0.1, -0.05) is 19.8 Å². The van der Waals surface area contributed by atoms with Gasteiger partial charge in [-0.05, 0) is 25.2 Å². The average Bonchev–Trinajstić information content (AvgIpc) is 2.35. The minimum absolute atomic E-state index is 0.201. The lowest BCUT2D eigenvalue weighted by molar-refractivity contribution is -0.134. The van der Waals surface area contributed by atoms with Crippen molar-refractivity contribution < 1.29 is 21.6 Å². The average molecular weight is 330 g/mol. The molecule has 0 amide bonds. The van der Waals surface area contributed by atoms with Crippen LogP contribution in [0.5, 0.6) is 0 Å². The molecule has 8 heteroatoms. The van der Waals surface area contributed by atoms with Gasteiger partial charge in [0.2, 0.25) is 10.0 Å². The molecule has 0 aromatic rings. The minimum Gasteiger partial charge on any atom is -0.329 e. The monoisotopic (exact) mass is 330 g/mol. The van der Waals surface area contributed by atoms with E-state index in [-0.39, 0.29) is 6.54 Å². The molecule has 1 aliphatic rings. The van der Waals surface area contributed by atoms with Crippen LogP contribution in [0.25, 0.3) is 0 Å². The molecule has 1 rings (SSSR count). The Kier molecular flexibility index (Phi) is 6.08. The first-order valence-electron chi connectivity index (χ1n) is 7.26. The molecule has 1 saturated carbocycles. The predicted octanol–water partition coefficient (Wildman–Crippen LogP) is 2.50. The van der Waals surface area contributed by atoms with E-state index in [0.29, 0.717) is 18.8 Å². The van der Waals surface area contributed by atoms with Crippen LogP contribution in [0.1, 0.15) is 45.4 Å². The maximum atomic E-state index is 12.3. The number of nitrogens with zero attached hydrogens (tertiary/aromatic N) is 1. The molecule has 0 saturated heterocycles. The lowest BCUT2D eigenvalue weighted by atomic mass is 9.76. The third kappa shape index (κ3) is 5.10. The highest BCUT2D eigenvalue weighted by atomic mass is 32.2. The third-order valence-electron chi connectivity index (χ3n) is 4.40. The van der Waals surface area contributed by atoms with E-state index in [0.717, 1.165) is 12.8 Å². The first-order valence-corrected chi connectivity index (χ1v) is 8.87. The predicted molar refractivity (Wildman–Crippen MR) is 76.3 cm³/mol. The van der Waals surface area contributed by atoms with Crippen LogP contribution in [-0.2, 0) is 10.0 Å². The Bertz CT molecular complexity index is 439. The fourth-order valence-electron chi connectivity index (χ4n) is 3.12. The van der Waals surface area contributed by atoms with Crippen LogP contribution < -0.4 is 5.73 Å². The fraction of sp³-hybridized carbons (Fsp3) is 1.00. The molecule has 0 spiro atoms. The molecule has 0 aromatic carbocycles. The molecule has 2 atom stereocenters. The molecule has 2 unspecified atom stereocenters. The largest absolute Gasteiger partial charge is 0.389 e. The Hall–Kier alpha value is -0.340. The van der Waals surface area contributed by atoms with Crippen molar-refractivity contribution >= 4 is 10.0 Å². The van der Waals surface area contributed by atoms with Gasteiger partial charge < -0.3 is 5.73 Å². The highest BCUT2D eigenvalue weighted by Gasteiger charge is 2.42. The number of hydrogen-bond donors (Lipinski definition) is 1. The molecule has 2 N–H and O–H groups in total. The zero-order valence-corrected chi connectivity index (χ0v) is 13.4. The summed E-state index contributed by atoms with van der Waals surface area (Å²) >= 11 is 0. The molecule has 0 aromatic heterocycles. The van der Waals surface area contributed by atoms with Crippen molar-refractivity contribution in [2.45, 2.75) is 57.2 Å². The number of rotatable bonds is 6. The maximum Gasteiger partial charge on any atom is 0.389 e. The molecule has 0 bridgehead atoms. The van der Waals surface area contributed by atoms with Gasteiger partial charge in [-0.2, -0.15) is 17.5 Å². The van der Waals surface area contributed by atoms with Crippen molar-refractivity contribution in [1.29, 1.82) is 0 Å². The van der Waals surface area contributed by atoms with Crippen molar-refractivity contribution in [2.75, 3.05) is 19.3 Å². The number of alkyl halides is 3. The second-order valence-corrected chi connectivity index (χ2v) is 8.25. The minimum atomic E-state index is -4.32. The van der Waals surface area contributed by atoms with Gasteiger partial charge in [0.1, 0.15) is 0 Å². The maximum absolute atomic E-state index is 12.3. The number of likely N-dealkylation sites (N-methyl/N-ethyl adjacent to an activating group) is 1. The van der Waals surface area contributed by atoms with E-state index in [9.17, 15) is 21.6 Å². The number of nitrogens with two attached hydrogens (primary N) is 1. The summed E-state index contributed by atoms with van der Waals surface area (Å²) in [7, 11) is -2.27. The van der Waals surface area contributed by atoms with Gasteiger partial charge in [-0.15, -0.1) is 0 Å². The lowest BCUT2D eigenvalue weighted by Gasteiger charge is -2.45. The summed E-state index contributed by atoms with van der Waals surface area (Å²) in [6.07, 6.45) is -2.55. The second-order valence-electron chi connectivity index (χ2n) is 6.13. The summed E-state index contributed by atoms with van der Waals surface area (Å²) < 4.78 is 62.3. The quantitative estimate of drug-likeness (QED) is 0.814. The van der Waals surface area contributed by atoms with Gasteiger partial charge in [0.15, 0.2) is 0 Å². The van der Waals surface area contributed by atoms with E-state index < -0.39 is 40.3 Å². The van der Waals surface area contributed by atoms with Gasteiger partial charge in [0, 0.05) is 25.6 Å². The van der Waals surface area contributed by atoms with Gasteiger partial charge in [-0.25, -0.2) is 8.42 Å². The zero-order chi connectivity index (χ0) is 16.3. The highest BCUT2D eigenvalue weighted by molar-refractivity contribution is 7.89.